The Morgan fingerprint density at radius 2 is 1.82 bits per heavy atom. The maximum Gasteiger partial charge on any atom is 0.161 e. The summed E-state index contributed by atoms with van der Waals surface area (Å²) in [5.41, 5.74) is 7.72. The van der Waals surface area contributed by atoms with Crippen LogP contribution in [0.25, 0.3) is 11.4 Å². The Morgan fingerprint density at radius 3 is 2.41 bits per heavy atom. The highest BCUT2D eigenvalue weighted by atomic mass is 79.9. The van der Waals surface area contributed by atoms with E-state index >= 15 is 0 Å². The van der Waals surface area contributed by atoms with Gasteiger partial charge in [-0.15, -0.1) is 0 Å². The molecule has 0 unspecified atom stereocenters. The number of nitrogen functional groups attached to an aromatic ring is 1. The molecule has 0 aromatic carbocycles. The number of pyridine rings is 1. The Kier molecular flexibility index (Phi) is 3.38. The molecule has 4 nitrogen and oxygen atoms in total. The van der Waals surface area contributed by atoms with Crippen molar-refractivity contribution < 1.29 is 0 Å². The van der Waals surface area contributed by atoms with Gasteiger partial charge in [0.05, 0.1) is 10.2 Å². The number of nitrogens with two attached hydrogens (primary N) is 1. The molecule has 0 fully saturated rings. The summed E-state index contributed by atoms with van der Waals surface area (Å²) in [5.74, 6) is 1.39. The lowest BCUT2D eigenvalue weighted by atomic mass is 10.1. The van der Waals surface area contributed by atoms with Gasteiger partial charge in [0, 0.05) is 18.0 Å². The van der Waals surface area contributed by atoms with Crippen LogP contribution in [0.3, 0.4) is 0 Å². The molecule has 2 aromatic rings. The molecule has 0 atom stereocenters. The molecular weight excluding hydrogens is 280 g/mol. The SMILES string of the molecule is CC(C)c1nc(-c2ccncc2)nc(N)c1Br. The monoisotopic (exact) mass is 292 g/mol. The maximum absolute atomic E-state index is 5.88. The van der Waals surface area contributed by atoms with Crippen LogP contribution >= 0.6 is 15.9 Å². The summed E-state index contributed by atoms with van der Waals surface area (Å²) in [6.07, 6.45) is 3.43. The Morgan fingerprint density at radius 1 is 1.18 bits per heavy atom. The summed E-state index contributed by atoms with van der Waals surface area (Å²) in [6, 6.07) is 3.74. The van der Waals surface area contributed by atoms with Crippen LogP contribution < -0.4 is 5.73 Å². The van der Waals surface area contributed by atoms with Crippen molar-refractivity contribution in [1.29, 1.82) is 0 Å². The maximum atomic E-state index is 5.88. The molecule has 0 spiro atoms. The van der Waals surface area contributed by atoms with Crippen LogP contribution in [0, 0.1) is 0 Å². The van der Waals surface area contributed by atoms with Crippen LogP contribution in [0.1, 0.15) is 25.5 Å². The van der Waals surface area contributed by atoms with Gasteiger partial charge in [-0.2, -0.15) is 0 Å². The lowest BCUT2D eigenvalue weighted by Gasteiger charge is -2.11. The first-order chi connectivity index (χ1) is 8.09. The van der Waals surface area contributed by atoms with Crippen LogP contribution in [0.15, 0.2) is 29.0 Å². The minimum absolute atomic E-state index is 0.287. The molecule has 0 aliphatic rings. The summed E-state index contributed by atoms with van der Waals surface area (Å²) in [6.45, 7) is 4.14. The van der Waals surface area contributed by atoms with Crippen molar-refractivity contribution in [2.75, 3.05) is 5.73 Å². The van der Waals surface area contributed by atoms with E-state index in [-0.39, 0.29) is 5.92 Å². The molecule has 88 valence electrons. The summed E-state index contributed by atoms with van der Waals surface area (Å²) in [5, 5.41) is 0. The summed E-state index contributed by atoms with van der Waals surface area (Å²) in [7, 11) is 0. The predicted octanol–water partition coefficient (Wildman–Crippen LogP) is 3.01. The topological polar surface area (TPSA) is 64.7 Å². The van der Waals surface area contributed by atoms with Crippen LogP contribution in [0.5, 0.6) is 0 Å². The highest BCUT2D eigenvalue weighted by molar-refractivity contribution is 9.10. The Labute approximate surface area is 108 Å². The number of nitrogens with zero attached hydrogens (tertiary/aromatic N) is 3. The largest absolute Gasteiger partial charge is 0.383 e. The van der Waals surface area contributed by atoms with Crippen molar-refractivity contribution in [3.05, 3.63) is 34.7 Å². The van der Waals surface area contributed by atoms with Crippen LogP contribution in [0.4, 0.5) is 5.82 Å². The molecule has 0 aliphatic heterocycles. The van der Waals surface area contributed by atoms with E-state index < -0.39 is 0 Å². The van der Waals surface area contributed by atoms with Crippen molar-refractivity contribution in [3.8, 4) is 11.4 Å². The van der Waals surface area contributed by atoms with Gasteiger partial charge in [-0.25, -0.2) is 9.97 Å². The average Bonchev–Trinajstić information content (AvgIpc) is 2.33. The molecule has 2 N–H and O–H groups in total. The molecule has 0 aliphatic carbocycles. The second kappa shape index (κ2) is 4.79. The lowest BCUT2D eigenvalue weighted by Crippen LogP contribution is -2.04. The van der Waals surface area contributed by atoms with Crippen molar-refractivity contribution in [2.45, 2.75) is 19.8 Å². The van der Waals surface area contributed by atoms with E-state index in [2.05, 4.69) is 44.7 Å². The third-order valence-corrected chi connectivity index (χ3v) is 3.20. The third-order valence-electron chi connectivity index (χ3n) is 2.39. The number of halogens is 1. The Hall–Kier alpha value is -1.49. The van der Waals surface area contributed by atoms with E-state index in [1.54, 1.807) is 12.4 Å². The zero-order valence-corrected chi connectivity index (χ0v) is 11.3. The molecule has 5 heteroatoms. The minimum atomic E-state index is 0.287. The fourth-order valence-corrected chi connectivity index (χ4v) is 2.13. The van der Waals surface area contributed by atoms with Gasteiger partial charge in [0.25, 0.3) is 0 Å². The molecule has 0 radical (unpaired) electrons. The van der Waals surface area contributed by atoms with Crippen molar-refractivity contribution in [3.63, 3.8) is 0 Å². The molecule has 0 saturated heterocycles. The van der Waals surface area contributed by atoms with Gasteiger partial charge in [-0.1, -0.05) is 13.8 Å². The van der Waals surface area contributed by atoms with Gasteiger partial charge in [0.2, 0.25) is 0 Å². The standard InChI is InChI=1S/C12H13BrN4/c1-7(2)10-9(13)11(14)17-12(16-10)8-3-5-15-6-4-8/h3-7H,1-2H3,(H2,14,16,17). The predicted molar refractivity (Wildman–Crippen MR) is 71.5 cm³/mol. The summed E-state index contributed by atoms with van der Waals surface area (Å²) < 4.78 is 0.783. The Balaban J connectivity index is 2.57. The highest BCUT2D eigenvalue weighted by Crippen LogP contribution is 2.29. The quantitative estimate of drug-likeness (QED) is 0.924. The molecule has 2 rings (SSSR count). The molecule has 17 heavy (non-hydrogen) atoms. The second-order valence-electron chi connectivity index (χ2n) is 4.02. The highest BCUT2D eigenvalue weighted by Gasteiger charge is 2.13. The number of aromatic nitrogens is 3. The molecule has 2 heterocycles. The number of hydrogen-bond donors (Lipinski definition) is 1. The van der Waals surface area contributed by atoms with E-state index in [0.717, 1.165) is 15.7 Å². The fourth-order valence-electron chi connectivity index (χ4n) is 1.50. The first-order valence-electron chi connectivity index (χ1n) is 5.33. The normalized spacial score (nSPS) is 10.8. The zero-order valence-electron chi connectivity index (χ0n) is 9.68. The molecule has 2 aromatic heterocycles. The number of rotatable bonds is 2. The smallest absolute Gasteiger partial charge is 0.161 e. The molecular formula is C12H13BrN4. The number of hydrogen-bond acceptors (Lipinski definition) is 4. The fraction of sp³-hybridized carbons (Fsp3) is 0.250. The third kappa shape index (κ3) is 2.44. The van der Waals surface area contributed by atoms with E-state index in [4.69, 9.17) is 5.73 Å². The Bertz CT molecular complexity index is 526. The van der Waals surface area contributed by atoms with Gasteiger partial charge in [-0.3, -0.25) is 4.98 Å². The van der Waals surface area contributed by atoms with Crippen LogP contribution in [-0.2, 0) is 0 Å². The van der Waals surface area contributed by atoms with Crippen molar-refractivity contribution in [2.24, 2.45) is 0 Å². The molecule has 0 bridgehead atoms. The molecule has 0 amide bonds. The van der Waals surface area contributed by atoms with Gasteiger partial charge >= 0.3 is 0 Å². The lowest BCUT2D eigenvalue weighted by molar-refractivity contribution is 0.811. The zero-order chi connectivity index (χ0) is 12.4. The minimum Gasteiger partial charge on any atom is -0.383 e. The summed E-state index contributed by atoms with van der Waals surface area (Å²) in [4.78, 5) is 12.8. The van der Waals surface area contributed by atoms with Gasteiger partial charge in [0.15, 0.2) is 5.82 Å². The van der Waals surface area contributed by atoms with E-state index in [1.807, 2.05) is 12.1 Å². The van der Waals surface area contributed by atoms with E-state index in [0.29, 0.717) is 11.6 Å². The first-order valence-corrected chi connectivity index (χ1v) is 6.12. The second-order valence-corrected chi connectivity index (χ2v) is 4.82. The van der Waals surface area contributed by atoms with E-state index in [9.17, 15) is 0 Å². The van der Waals surface area contributed by atoms with Crippen molar-refractivity contribution in [1.82, 2.24) is 15.0 Å². The van der Waals surface area contributed by atoms with Crippen molar-refractivity contribution >= 4 is 21.7 Å². The van der Waals surface area contributed by atoms with Crippen LogP contribution in [-0.4, -0.2) is 15.0 Å². The van der Waals surface area contributed by atoms with Gasteiger partial charge in [0.1, 0.15) is 5.82 Å². The molecule has 0 saturated carbocycles. The number of anilines is 1. The van der Waals surface area contributed by atoms with E-state index in [1.165, 1.54) is 0 Å². The van der Waals surface area contributed by atoms with Gasteiger partial charge in [-0.05, 0) is 34.0 Å². The van der Waals surface area contributed by atoms with Gasteiger partial charge < -0.3 is 5.73 Å². The average molecular weight is 293 g/mol. The van der Waals surface area contributed by atoms with Crippen LogP contribution in [0.2, 0.25) is 0 Å². The summed E-state index contributed by atoms with van der Waals surface area (Å²) >= 11 is 3.43. The first kappa shape index (κ1) is 12.0.